The number of hydrogen-bond acceptors (Lipinski definition) is 4. The van der Waals surface area contributed by atoms with Gasteiger partial charge in [0.1, 0.15) is 5.82 Å². The number of amides is 3. The van der Waals surface area contributed by atoms with E-state index >= 15 is 0 Å². The highest BCUT2D eigenvalue weighted by Crippen LogP contribution is 2.23. The molecule has 1 aliphatic heterocycles. The number of rotatable bonds is 5. The molecule has 1 fully saturated rings. The molecule has 29 heavy (non-hydrogen) atoms. The molecular formula is C20H24ClFN4O2S. The molecule has 0 aliphatic carbocycles. The number of halogens is 2. The Hall–Kier alpha value is -2.16. The van der Waals surface area contributed by atoms with E-state index in [-0.39, 0.29) is 28.6 Å². The molecule has 0 spiro atoms. The van der Waals surface area contributed by atoms with Gasteiger partial charge in [-0.05, 0) is 43.7 Å². The van der Waals surface area contributed by atoms with E-state index < -0.39 is 5.82 Å². The Bertz CT molecular complexity index is 854. The first-order chi connectivity index (χ1) is 13.9. The Morgan fingerprint density at radius 2 is 1.90 bits per heavy atom. The molecule has 9 heteroatoms. The molecular weight excluding hydrogens is 415 g/mol. The maximum absolute atomic E-state index is 13.2. The first kappa shape index (κ1) is 21.5. The molecule has 1 aromatic heterocycles. The molecule has 2 heterocycles. The third kappa shape index (κ3) is 5.26. The minimum atomic E-state index is -0.480. The van der Waals surface area contributed by atoms with Crippen LogP contribution in [-0.2, 0) is 0 Å². The summed E-state index contributed by atoms with van der Waals surface area (Å²) in [6.07, 6.45) is 0. The number of hydrogen-bond donors (Lipinski definition) is 1. The van der Waals surface area contributed by atoms with Gasteiger partial charge in [0.05, 0.1) is 16.6 Å². The summed E-state index contributed by atoms with van der Waals surface area (Å²) < 4.78 is 13.2. The fraction of sp³-hybridized carbons (Fsp3) is 0.400. The molecule has 3 amide bonds. The van der Waals surface area contributed by atoms with Gasteiger partial charge in [0.25, 0.3) is 5.91 Å². The fourth-order valence-corrected chi connectivity index (χ4v) is 4.43. The molecule has 156 valence electrons. The van der Waals surface area contributed by atoms with E-state index in [4.69, 9.17) is 11.6 Å². The van der Waals surface area contributed by atoms with Crippen molar-refractivity contribution in [3.8, 4) is 0 Å². The lowest BCUT2D eigenvalue weighted by Crippen LogP contribution is -2.53. The molecule has 0 saturated carbocycles. The molecule has 3 rings (SSSR count). The predicted molar refractivity (Wildman–Crippen MR) is 113 cm³/mol. The van der Waals surface area contributed by atoms with Crippen molar-refractivity contribution in [3.05, 3.63) is 57.0 Å². The fourth-order valence-electron chi connectivity index (χ4n) is 3.26. The van der Waals surface area contributed by atoms with Crippen LogP contribution in [0.4, 0.5) is 9.18 Å². The van der Waals surface area contributed by atoms with Crippen LogP contribution in [0.15, 0.2) is 35.7 Å². The van der Waals surface area contributed by atoms with Crippen molar-refractivity contribution in [2.45, 2.75) is 6.04 Å². The van der Waals surface area contributed by atoms with Gasteiger partial charge in [-0.2, -0.15) is 0 Å². The van der Waals surface area contributed by atoms with Gasteiger partial charge in [-0.25, -0.2) is 9.18 Å². The van der Waals surface area contributed by atoms with Crippen LogP contribution in [-0.4, -0.2) is 73.5 Å². The smallest absolute Gasteiger partial charge is 0.317 e. The van der Waals surface area contributed by atoms with Crippen molar-refractivity contribution in [1.29, 1.82) is 0 Å². The summed E-state index contributed by atoms with van der Waals surface area (Å²) in [7, 11) is 3.98. The van der Waals surface area contributed by atoms with Gasteiger partial charge in [0.15, 0.2) is 0 Å². The van der Waals surface area contributed by atoms with Gasteiger partial charge in [0, 0.05) is 37.6 Å². The van der Waals surface area contributed by atoms with Crippen molar-refractivity contribution < 1.29 is 14.0 Å². The van der Waals surface area contributed by atoms with Crippen LogP contribution in [0.3, 0.4) is 0 Å². The molecule has 1 saturated heterocycles. The third-order valence-corrected chi connectivity index (χ3v) is 6.24. The second-order valence-corrected chi connectivity index (χ2v) is 8.47. The van der Waals surface area contributed by atoms with E-state index in [0.29, 0.717) is 32.7 Å². The normalized spacial score (nSPS) is 15.5. The summed E-state index contributed by atoms with van der Waals surface area (Å²) in [6.45, 7) is 2.19. The maximum Gasteiger partial charge on any atom is 0.317 e. The molecule has 1 N–H and O–H groups in total. The second kappa shape index (κ2) is 9.56. The lowest BCUT2D eigenvalue weighted by Gasteiger charge is -2.35. The average Bonchev–Trinajstić information content (AvgIpc) is 3.22. The average molecular weight is 439 g/mol. The SMILES string of the molecule is CN(C)C(CNC(=O)N1CCN(C(=O)c2ccc(F)cc2Cl)CC1)c1cccs1. The van der Waals surface area contributed by atoms with Gasteiger partial charge in [-0.3, -0.25) is 4.79 Å². The largest absolute Gasteiger partial charge is 0.336 e. The monoisotopic (exact) mass is 438 g/mol. The highest BCUT2D eigenvalue weighted by Gasteiger charge is 2.26. The Labute approximate surface area is 178 Å². The summed E-state index contributed by atoms with van der Waals surface area (Å²) >= 11 is 7.66. The minimum Gasteiger partial charge on any atom is -0.336 e. The summed E-state index contributed by atoms with van der Waals surface area (Å²) in [6, 6.07) is 7.78. The Kier molecular flexibility index (Phi) is 7.10. The van der Waals surface area contributed by atoms with Crippen LogP contribution < -0.4 is 5.32 Å². The summed E-state index contributed by atoms with van der Waals surface area (Å²) in [5.74, 6) is -0.730. The number of piperazine rings is 1. The van der Waals surface area contributed by atoms with Crippen molar-refractivity contribution in [1.82, 2.24) is 20.0 Å². The Balaban J connectivity index is 1.52. The number of thiophene rings is 1. The minimum absolute atomic E-state index is 0.0958. The zero-order valence-corrected chi connectivity index (χ0v) is 18.0. The topological polar surface area (TPSA) is 55.9 Å². The summed E-state index contributed by atoms with van der Waals surface area (Å²) in [4.78, 5) is 31.8. The molecule has 1 atom stereocenters. The lowest BCUT2D eigenvalue weighted by molar-refractivity contribution is 0.0664. The number of nitrogens with zero attached hydrogens (tertiary/aromatic N) is 3. The number of likely N-dealkylation sites (N-methyl/N-ethyl adjacent to an activating group) is 1. The summed E-state index contributed by atoms with van der Waals surface area (Å²) in [5.41, 5.74) is 0.274. The van der Waals surface area contributed by atoms with Gasteiger partial charge in [-0.1, -0.05) is 17.7 Å². The first-order valence-corrected chi connectivity index (χ1v) is 10.6. The van der Waals surface area contributed by atoms with Crippen LogP contribution >= 0.6 is 22.9 Å². The second-order valence-electron chi connectivity index (χ2n) is 7.08. The van der Waals surface area contributed by atoms with Crippen molar-refractivity contribution in [3.63, 3.8) is 0 Å². The Morgan fingerprint density at radius 3 is 2.48 bits per heavy atom. The number of carbonyl (C=O) groups is 2. The van der Waals surface area contributed by atoms with E-state index in [9.17, 15) is 14.0 Å². The number of nitrogens with one attached hydrogen (secondary N) is 1. The van der Waals surface area contributed by atoms with Crippen LogP contribution in [0.2, 0.25) is 5.02 Å². The quantitative estimate of drug-likeness (QED) is 0.779. The van der Waals surface area contributed by atoms with Gasteiger partial charge in [-0.15, -0.1) is 11.3 Å². The van der Waals surface area contributed by atoms with Crippen LogP contribution in [0.5, 0.6) is 0 Å². The summed E-state index contributed by atoms with van der Waals surface area (Å²) in [5, 5.41) is 5.12. The van der Waals surface area contributed by atoms with E-state index in [1.165, 1.54) is 17.0 Å². The van der Waals surface area contributed by atoms with Crippen molar-refractivity contribution in [2.24, 2.45) is 0 Å². The molecule has 1 unspecified atom stereocenters. The predicted octanol–water partition coefficient (Wildman–Crippen LogP) is 3.31. The maximum atomic E-state index is 13.2. The van der Waals surface area contributed by atoms with Gasteiger partial charge < -0.3 is 20.0 Å². The van der Waals surface area contributed by atoms with Gasteiger partial charge >= 0.3 is 6.03 Å². The lowest BCUT2D eigenvalue weighted by atomic mass is 10.1. The van der Waals surface area contributed by atoms with Crippen LogP contribution in [0, 0.1) is 5.82 Å². The van der Waals surface area contributed by atoms with Crippen LogP contribution in [0.25, 0.3) is 0 Å². The molecule has 2 aromatic rings. The zero-order chi connectivity index (χ0) is 21.0. The first-order valence-electron chi connectivity index (χ1n) is 9.33. The van der Waals surface area contributed by atoms with E-state index in [1.54, 1.807) is 21.1 Å². The third-order valence-electron chi connectivity index (χ3n) is 4.96. The van der Waals surface area contributed by atoms with E-state index in [0.717, 1.165) is 6.07 Å². The van der Waals surface area contributed by atoms with E-state index in [2.05, 4.69) is 16.3 Å². The molecule has 0 bridgehead atoms. The molecule has 0 radical (unpaired) electrons. The van der Waals surface area contributed by atoms with Crippen LogP contribution in [0.1, 0.15) is 21.3 Å². The molecule has 1 aromatic carbocycles. The van der Waals surface area contributed by atoms with E-state index in [1.807, 2.05) is 25.5 Å². The molecule has 1 aliphatic rings. The van der Waals surface area contributed by atoms with Gasteiger partial charge in [0.2, 0.25) is 0 Å². The Morgan fingerprint density at radius 1 is 1.21 bits per heavy atom. The number of carbonyl (C=O) groups excluding carboxylic acids is 2. The number of urea groups is 1. The number of benzene rings is 1. The zero-order valence-electron chi connectivity index (χ0n) is 16.4. The highest BCUT2D eigenvalue weighted by atomic mass is 35.5. The highest BCUT2D eigenvalue weighted by molar-refractivity contribution is 7.10. The standard InChI is InChI=1S/C20H24ClFN4O2S/c1-24(2)17(18-4-3-11-29-18)13-23-20(28)26-9-7-25(8-10-26)19(27)15-6-5-14(22)12-16(15)21/h3-6,11-12,17H,7-10,13H2,1-2H3,(H,23,28). The molecule has 6 nitrogen and oxygen atoms in total. The van der Waals surface area contributed by atoms with Crippen molar-refractivity contribution >= 4 is 34.9 Å². The van der Waals surface area contributed by atoms with Crippen molar-refractivity contribution in [2.75, 3.05) is 46.8 Å².